The predicted octanol–water partition coefficient (Wildman–Crippen LogP) is 4.24. The van der Waals surface area contributed by atoms with E-state index in [-0.39, 0.29) is 6.17 Å². The van der Waals surface area contributed by atoms with Crippen molar-refractivity contribution in [2.75, 3.05) is 0 Å². The average molecular weight is 262 g/mol. The van der Waals surface area contributed by atoms with E-state index in [9.17, 15) is 0 Å². The fourth-order valence-corrected chi connectivity index (χ4v) is 2.27. The van der Waals surface area contributed by atoms with Crippen molar-refractivity contribution in [3.05, 3.63) is 71.4 Å². The third-order valence-electron chi connectivity index (χ3n) is 3.51. The maximum atomic E-state index is 4.49. The molecule has 1 unspecified atom stereocenters. The zero-order valence-corrected chi connectivity index (χ0v) is 11.8. The molecule has 1 aliphatic rings. The molecule has 0 saturated carbocycles. The Morgan fingerprint density at radius 2 is 1.45 bits per heavy atom. The van der Waals surface area contributed by atoms with E-state index in [1.807, 2.05) is 19.3 Å². The van der Waals surface area contributed by atoms with Crippen molar-refractivity contribution < 1.29 is 0 Å². The van der Waals surface area contributed by atoms with E-state index in [1.54, 1.807) is 0 Å². The third kappa shape index (κ3) is 2.64. The van der Waals surface area contributed by atoms with Crippen LogP contribution in [0.25, 0.3) is 11.1 Å². The van der Waals surface area contributed by atoms with Crippen molar-refractivity contribution in [1.82, 2.24) is 5.32 Å². The van der Waals surface area contributed by atoms with Crippen LogP contribution in [0.5, 0.6) is 0 Å². The minimum Gasteiger partial charge on any atom is -0.366 e. The van der Waals surface area contributed by atoms with Crippen LogP contribution in [-0.2, 0) is 0 Å². The van der Waals surface area contributed by atoms with Crippen LogP contribution >= 0.6 is 0 Å². The molecule has 2 nitrogen and oxygen atoms in total. The summed E-state index contributed by atoms with van der Waals surface area (Å²) in [7, 11) is 0. The van der Waals surface area contributed by atoms with E-state index >= 15 is 0 Å². The molecular formula is C18H18N2. The number of nitrogens with one attached hydrogen (secondary N) is 1. The summed E-state index contributed by atoms with van der Waals surface area (Å²) in [6.45, 7) is 4.14. The molecule has 0 saturated heterocycles. The number of benzene rings is 2. The third-order valence-corrected chi connectivity index (χ3v) is 3.51. The first kappa shape index (κ1) is 12.7. The average Bonchev–Trinajstić information content (AvgIpc) is 2.49. The molecule has 1 atom stereocenters. The van der Waals surface area contributed by atoms with Gasteiger partial charge in [0.25, 0.3) is 0 Å². The maximum absolute atomic E-state index is 4.49. The normalized spacial score (nSPS) is 17.5. The van der Waals surface area contributed by atoms with Gasteiger partial charge in [0.05, 0.1) is 0 Å². The van der Waals surface area contributed by atoms with Crippen molar-refractivity contribution in [1.29, 1.82) is 0 Å². The molecule has 2 heteroatoms. The second-order valence-electron chi connectivity index (χ2n) is 5.22. The Bertz CT molecular complexity index is 649. The summed E-state index contributed by atoms with van der Waals surface area (Å²) in [4.78, 5) is 4.49. The van der Waals surface area contributed by atoms with E-state index < -0.39 is 0 Å². The van der Waals surface area contributed by atoms with Gasteiger partial charge in [-0.2, -0.15) is 0 Å². The summed E-state index contributed by atoms with van der Waals surface area (Å²) in [6.07, 6.45) is 3.95. The van der Waals surface area contributed by atoms with Crippen LogP contribution in [0.3, 0.4) is 0 Å². The molecule has 0 aromatic heterocycles. The number of nitrogens with zero attached hydrogens (tertiary/aromatic N) is 1. The van der Waals surface area contributed by atoms with Crippen LogP contribution in [-0.4, -0.2) is 6.21 Å². The summed E-state index contributed by atoms with van der Waals surface area (Å²) in [5.41, 5.74) is 6.10. The Morgan fingerprint density at radius 3 is 2.00 bits per heavy atom. The van der Waals surface area contributed by atoms with Gasteiger partial charge in [0.1, 0.15) is 6.17 Å². The number of allylic oxidation sites excluding steroid dienone is 1. The van der Waals surface area contributed by atoms with Crippen LogP contribution in [0.4, 0.5) is 0 Å². The molecule has 100 valence electrons. The SMILES string of the molecule is CC1=CNC(c2ccc(-c3ccc(C)cc3)cc2)N=C1. The highest BCUT2D eigenvalue weighted by molar-refractivity contribution is 5.78. The first-order valence-corrected chi connectivity index (χ1v) is 6.85. The van der Waals surface area contributed by atoms with Crippen LogP contribution in [0.15, 0.2) is 65.3 Å². The quantitative estimate of drug-likeness (QED) is 0.860. The zero-order valence-electron chi connectivity index (χ0n) is 11.8. The van der Waals surface area contributed by atoms with Crippen molar-refractivity contribution in [2.45, 2.75) is 20.0 Å². The van der Waals surface area contributed by atoms with Crippen LogP contribution < -0.4 is 5.32 Å². The molecule has 0 fully saturated rings. The van der Waals surface area contributed by atoms with Gasteiger partial charge in [-0.05, 0) is 36.1 Å². The lowest BCUT2D eigenvalue weighted by Gasteiger charge is -2.17. The Balaban J connectivity index is 1.81. The van der Waals surface area contributed by atoms with Gasteiger partial charge in [-0.15, -0.1) is 0 Å². The highest BCUT2D eigenvalue weighted by Gasteiger charge is 2.09. The van der Waals surface area contributed by atoms with E-state index in [0.29, 0.717) is 0 Å². The smallest absolute Gasteiger partial charge is 0.144 e. The molecular weight excluding hydrogens is 244 g/mol. The summed E-state index contributed by atoms with van der Waals surface area (Å²) in [5.74, 6) is 0. The predicted molar refractivity (Wildman–Crippen MR) is 84.7 cm³/mol. The molecule has 2 aromatic rings. The summed E-state index contributed by atoms with van der Waals surface area (Å²) in [6, 6.07) is 17.2. The molecule has 0 amide bonds. The summed E-state index contributed by atoms with van der Waals surface area (Å²) in [5, 5.41) is 3.29. The molecule has 0 radical (unpaired) electrons. The van der Waals surface area contributed by atoms with Crippen molar-refractivity contribution >= 4 is 6.21 Å². The fraction of sp³-hybridized carbons (Fsp3) is 0.167. The van der Waals surface area contributed by atoms with Crippen molar-refractivity contribution in [3.63, 3.8) is 0 Å². The molecule has 1 N–H and O–H groups in total. The Kier molecular flexibility index (Phi) is 3.38. The minimum absolute atomic E-state index is 0.0331. The van der Waals surface area contributed by atoms with Gasteiger partial charge in [0.2, 0.25) is 0 Å². The van der Waals surface area contributed by atoms with Gasteiger partial charge in [-0.3, -0.25) is 4.99 Å². The van der Waals surface area contributed by atoms with Crippen molar-refractivity contribution in [3.8, 4) is 11.1 Å². The highest BCUT2D eigenvalue weighted by atomic mass is 15.1. The van der Waals surface area contributed by atoms with E-state index in [0.717, 1.165) is 5.57 Å². The topological polar surface area (TPSA) is 24.4 Å². The van der Waals surface area contributed by atoms with Gasteiger partial charge < -0.3 is 5.32 Å². The highest BCUT2D eigenvalue weighted by Crippen LogP contribution is 2.23. The number of aryl methyl sites for hydroxylation is 1. The fourth-order valence-electron chi connectivity index (χ4n) is 2.27. The maximum Gasteiger partial charge on any atom is 0.144 e. The number of aliphatic imine (C=N–C) groups is 1. The number of rotatable bonds is 2. The Hall–Kier alpha value is -2.35. The largest absolute Gasteiger partial charge is 0.366 e. The molecule has 1 heterocycles. The van der Waals surface area contributed by atoms with Crippen molar-refractivity contribution in [2.24, 2.45) is 4.99 Å². The molecule has 0 aliphatic carbocycles. The van der Waals surface area contributed by atoms with Gasteiger partial charge in [-0.25, -0.2) is 0 Å². The lowest BCUT2D eigenvalue weighted by atomic mass is 10.0. The summed E-state index contributed by atoms with van der Waals surface area (Å²) < 4.78 is 0. The van der Waals surface area contributed by atoms with E-state index in [4.69, 9.17) is 0 Å². The Labute approximate surface area is 119 Å². The Morgan fingerprint density at radius 1 is 0.850 bits per heavy atom. The van der Waals surface area contributed by atoms with Crippen LogP contribution in [0.2, 0.25) is 0 Å². The minimum atomic E-state index is 0.0331. The number of hydrogen-bond acceptors (Lipinski definition) is 2. The van der Waals surface area contributed by atoms with Crippen LogP contribution in [0, 0.1) is 6.92 Å². The van der Waals surface area contributed by atoms with Gasteiger partial charge in [-0.1, -0.05) is 54.1 Å². The van der Waals surface area contributed by atoms with E-state index in [1.165, 1.54) is 22.3 Å². The van der Waals surface area contributed by atoms with Gasteiger partial charge in [0, 0.05) is 12.4 Å². The molecule has 3 rings (SSSR count). The molecule has 2 aromatic carbocycles. The monoisotopic (exact) mass is 262 g/mol. The first-order chi connectivity index (χ1) is 9.72. The molecule has 20 heavy (non-hydrogen) atoms. The standard InChI is InChI=1S/C18H18N2/c1-13-3-5-15(6-4-13)16-7-9-17(10-8-16)18-19-11-14(2)12-20-18/h3-12,18-19H,1-2H3. The molecule has 0 bridgehead atoms. The first-order valence-electron chi connectivity index (χ1n) is 6.85. The second-order valence-corrected chi connectivity index (χ2v) is 5.22. The lowest BCUT2D eigenvalue weighted by Crippen LogP contribution is -2.17. The number of hydrogen-bond donors (Lipinski definition) is 1. The zero-order chi connectivity index (χ0) is 13.9. The summed E-state index contributed by atoms with van der Waals surface area (Å²) >= 11 is 0. The van der Waals surface area contributed by atoms with E-state index in [2.05, 4.69) is 65.8 Å². The van der Waals surface area contributed by atoms with Crippen LogP contribution in [0.1, 0.15) is 24.2 Å². The molecule has 0 spiro atoms. The lowest BCUT2D eigenvalue weighted by molar-refractivity contribution is 0.649. The van der Waals surface area contributed by atoms with Gasteiger partial charge >= 0.3 is 0 Å². The van der Waals surface area contributed by atoms with Gasteiger partial charge in [0.15, 0.2) is 0 Å². The molecule has 1 aliphatic heterocycles. The second kappa shape index (κ2) is 5.33.